The summed E-state index contributed by atoms with van der Waals surface area (Å²) >= 11 is 13.8. The average molecular weight is 651 g/mol. The van der Waals surface area contributed by atoms with E-state index in [-0.39, 0.29) is 39.3 Å². The largest absolute Gasteiger partial charge is 0.543 e. The molecule has 0 fully saturated rings. The van der Waals surface area contributed by atoms with Crippen LogP contribution in [0.4, 0.5) is 0 Å². The molecule has 9 nitrogen and oxygen atoms in total. The number of amides is 3. The molecule has 1 heterocycles. The maximum atomic E-state index is 12.9. The number of halogens is 2. The van der Waals surface area contributed by atoms with E-state index in [1.54, 1.807) is 17.5 Å². The molecule has 4 N–H and O–H groups in total. The monoisotopic (exact) mass is 649 g/mol. The summed E-state index contributed by atoms with van der Waals surface area (Å²) in [7, 11) is -2.03. The second kappa shape index (κ2) is 13.7. The summed E-state index contributed by atoms with van der Waals surface area (Å²) in [5.74, 6) is -2.43. The third-order valence-corrected chi connectivity index (χ3v) is 12.7. The smallest absolute Gasteiger partial charge is 0.328 e. The van der Waals surface area contributed by atoms with Gasteiger partial charge in [-0.05, 0) is 59.4 Å². The van der Waals surface area contributed by atoms with Crippen molar-refractivity contribution in [1.29, 1.82) is 0 Å². The summed E-state index contributed by atoms with van der Waals surface area (Å²) in [5, 5.41) is 18.6. The number of carbonyl (C=O) groups is 4. The summed E-state index contributed by atoms with van der Waals surface area (Å²) < 4.78 is 6.35. The fourth-order valence-electron chi connectivity index (χ4n) is 3.49. The van der Waals surface area contributed by atoms with Gasteiger partial charge in [0.1, 0.15) is 11.8 Å². The molecule has 0 aliphatic heterocycles. The first-order valence-electron chi connectivity index (χ1n) is 13.0. The zero-order valence-corrected chi connectivity index (χ0v) is 27.2. The predicted octanol–water partition coefficient (Wildman–Crippen LogP) is 5.98. The second-order valence-electron chi connectivity index (χ2n) is 11.1. The maximum absolute atomic E-state index is 12.9. The zero-order chi connectivity index (χ0) is 31.2. The van der Waals surface area contributed by atoms with E-state index >= 15 is 0 Å². The molecule has 3 rings (SSSR count). The maximum Gasteiger partial charge on any atom is 0.328 e. The van der Waals surface area contributed by atoms with E-state index in [4.69, 9.17) is 27.6 Å². The van der Waals surface area contributed by atoms with Crippen molar-refractivity contribution in [2.45, 2.75) is 51.5 Å². The Bertz CT molecular complexity index is 1450. The molecule has 224 valence electrons. The molecule has 13 heteroatoms. The summed E-state index contributed by atoms with van der Waals surface area (Å²) in [6.07, 6.45) is 0. The van der Waals surface area contributed by atoms with E-state index < -0.39 is 38.1 Å². The van der Waals surface area contributed by atoms with Gasteiger partial charge in [-0.1, -0.05) is 62.2 Å². The molecule has 3 aromatic rings. The van der Waals surface area contributed by atoms with Crippen molar-refractivity contribution >= 4 is 66.5 Å². The SMILES string of the molecule is CC(C)(C)[Si](C)(C)Oc1cccc(CNC(=O)c2cc(Cl)c(C(=O)N[C@@H](CNC(=O)c3cccs3)C(=O)O)c(Cl)c2)c1. The van der Waals surface area contributed by atoms with Gasteiger partial charge in [-0.2, -0.15) is 0 Å². The van der Waals surface area contributed by atoms with Crippen LogP contribution in [0.15, 0.2) is 53.9 Å². The van der Waals surface area contributed by atoms with E-state index in [0.717, 1.165) is 11.3 Å². The summed E-state index contributed by atoms with van der Waals surface area (Å²) in [5.41, 5.74) is 0.757. The number of rotatable bonds is 11. The number of aliphatic carboxylic acids is 1. The zero-order valence-electron chi connectivity index (χ0n) is 23.8. The van der Waals surface area contributed by atoms with Crippen LogP contribution in [0.1, 0.15) is 56.7 Å². The van der Waals surface area contributed by atoms with Crippen LogP contribution in [0, 0.1) is 0 Å². The normalized spacial score (nSPS) is 12.3. The molecule has 0 aliphatic carbocycles. The fourth-order valence-corrected chi connectivity index (χ4v) is 5.81. The van der Waals surface area contributed by atoms with Gasteiger partial charge in [-0.25, -0.2) is 4.79 Å². The summed E-state index contributed by atoms with van der Waals surface area (Å²) in [6, 6.07) is 11.9. The van der Waals surface area contributed by atoms with Gasteiger partial charge in [-0.3, -0.25) is 14.4 Å². The van der Waals surface area contributed by atoms with Crippen molar-refractivity contribution in [1.82, 2.24) is 16.0 Å². The molecule has 2 aromatic carbocycles. The van der Waals surface area contributed by atoms with Crippen LogP contribution < -0.4 is 20.4 Å². The van der Waals surface area contributed by atoms with Crippen LogP contribution in [0.5, 0.6) is 5.75 Å². The van der Waals surface area contributed by atoms with Crippen LogP contribution in [0.3, 0.4) is 0 Å². The molecule has 42 heavy (non-hydrogen) atoms. The van der Waals surface area contributed by atoms with Gasteiger partial charge < -0.3 is 25.5 Å². The van der Waals surface area contributed by atoms with Crippen molar-refractivity contribution in [2.75, 3.05) is 6.54 Å². The standard InChI is InChI=1S/C29H33Cl2N3O6SSi/c1-29(2,3)42(4,5)40-19-9-6-8-17(12-19)15-32-25(35)18-13-20(30)24(21(31)14-18)27(37)34-22(28(38)39)16-33-26(36)23-10-7-11-41-23/h6-14,22H,15-16H2,1-5H3,(H,32,35)(H,33,36)(H,34,37)(H,38,39)/t22-/m0/s1. The van der Waals surface area contributed by atoms with Gasteiger partial charge in [0, 0.05) is 18.7 Å². The average Bonchev–Trinajstić information content (AvgIpc) is 3.43. The number of carboxylic acid groups (broad SMARTS) is 1. The minimum absolute atomic E-state index is 0.0352. The molecular weight excluding hydrogens is 617 g/mol. The molecule has 0 spiro atoms. The van der Waals surface area contributed by atoms with Crippen molar-refractivity contribution in [3.63, 3.8) is 0 Å². The van der Waals surface area contributed by atoms with E-state index in [0.29, 0.717) is 4.88 Å². The van der Waals surface area contributed by atoms with Crippen LogP contribution in [-0.4, -0.2) is 49.7 Å². The number of hydrogen-bond donors (Lipinski definition) is 4. The topological polar surface area (TPSA) is 134 Å². The van der Waals surface area contributed by atoms with Gasteiger partial charge >= 0.3 is 5.97 Å². The Hall–Kier alpha value is -3.38. The minimum Gasteiger partial charge on any atom is -0.543 e. The number of hydrogen-bond acceptors (Lipinski definition) is 6. The third kappa shape index (κ3) is 8.57. The molecule has 0 saturated carbocycles. The highest BCUT2D eigenvalue weighted by Crippen LogP contribution is 2.37. The van der Waals surface area contributed by atoms with Crippen LogP contribution in [0.2, 0.25) is 28.2 Å². The number of thiophene rings is 1. The number of benzene rings is 2. The van der Waals surface area contributed by atoms with E-state index in [9.17, 15) is 24.3 Å². The molecular formula is C29H33Cl2N3O6SSi. The lowest BCUT2D eigenvalue weighted by molar-refractivity contribution is -0.139. The Kier molecular flexibility index (Phi) is 10.8. The van der Waals surface area contributed by atoms with Crippen LogP contribution in [-0.2, 0) is 11.3 Å². The summed E-state index contributed by atoms with van der Waals surface area (Å²) in [6.45, 7) is 10.6. The Morgan fingerprint density at radius 1 is 0.952 bits per heavy atom. The quantitative estimate of drug-likeness (QED) is 0.189. The van der Waals surface area contributed by atoms with Crippen molar-refractivity contribution in [3.05, 3.63) is 85.5 Å². The molecule has 0 aliphatic rings. The Balaban J connectivity index is 1.65. The molecule has 0 unspecified atom stereocenters. The first kappa shape index (κ1) is 33.1. The highest BCUT2D eigenvalue weighted by molar-refractivity contribution is 7.12. The Labute approximate surface area is 259 Å². The second-order valence-corrected chi connectivity index (χ2v) is 17.5. The van der Waals surface area contributed by atoms with Crippen molar-refractivity contribution < 1.29 is 28.7 Å². The first-order valence-corrected chi connectivity index (χ1v) is 17.5. The lowest BCUT2D eigenvalue weighted by Gasteiger charge is -2.36. The van der Waals surface area contributed by atoms with Gasteiger partial charge in [-0.15, -0.1) is 11.3 Å². The van der Waals surface area contributed by atoms with E-state index in [2.05, 4.69) is 49.8 Å². The Morgan fingerprint density at radius 2 is 1.62 bits per heavy atom. The van der Waals surface area contributed by atoms with Crippen molar-refractivity contribution in [2.24, 2.45) is 0 Å². The lowest BCUT2D eigenvalue weighted by atomic mass is 10.1. The molecule has 3 amide bonds. The van der Waals surface area contributed by atoms with Gasteiger partial charge in [0.25, 0.3) is 17.7 Å². The fraction of sp³-hybridized carbons (Fsp3) is 0.310. The third-order valence-electron chi connectivity index (χ3n) is 6.88. The molecule has 0 saturated heterocycles. The first-order chi connectivity index (χ1) is 19.6. The molecule has 1 atom stereocenters. The minimum atomic E-state index is -2.03. The number of carboxylic acids is 1. The number of nitrogens with one attached hydrogen (secondary N) is 3. The molecule has 1 aromatic heterocycles. The Morgan fingerprint density at radius 3 is 2.19 bits per heavy atom. The number of carbonyl (C=O) groups excluding carboxylic acids is 3. The van der Waals surface area contributed by atoms with E-state index in [1.165, 1.54) is 23.5 Å². The predicted molar refractivity (Wildman–Crippen MR) is 167 cm³/mol. The van der Waals surface area contributed by atoms with Gasteiger partial charge in [0.15, 0.2) is 0 Å². The lowest BCUT2D eigenvalue weighted by Crippen LogP contribution is -2.48. The van der Waals surface area contributed by atoms with Crippen LogP contribution >= 0.6 is 34.5 Å². The highest BCUT2D eigenvalue weighted by atomic mass is 35.5. The van der Waals surface area contributed by atoms with Gasteiger partial charge in [0.2, 0.25) is 8.32 Å². The highest BCUT2D eigenvalue weighted by Gasteiger charge is 2.39. The molecule has 0 bridgehead atoms. The van der Waals surface area contributed by atoms with Crippen molar-refractivity contribution in [3.8, 4) is 5.75 Å². The van der Waals surface area contributed by atoms with E-state index in [1.807, 2.05) is 24.3 Å². The molecule has 0 radical (unpaired) electrons. The van der Waals surface area contributed by atoms with Gasteiger partial charge in [0.05, 0.1) is 20.5 Å². The van der Waals surface area contributed by atoms with Crippen LogP contribution in [0.25, 0.3) is 0 Å². The summed E-state index contributed by atoms with van der Waals surface area (Å²) in [4.78, 5) is 50.1.